The van der Waals surface area contributed by atoms with Crippen LogP contribution >= 0.6 is 0 Å². The van der Waals surface area contributed by atoms with E-state index in [0.29, 0.717) is 78.2 Å². The third-order valence-electron chi connectivity index (χ3n) is 12.0. The standard InChI is InChI=1S/C52H26F12N4/c53-49(54,55)32-13-15-34(41(23-32)51(59,60)61)28-11-17-45-39(20-28)36-7-1-3-9-43(36)67(45)47-25-38(30-6-5-19-66-27-30)48(22-31(47)26-65)68-44-10-4-2-8-37(44)40-21-29(12-18-46(40)68)35-16-14-33(50(56,57)58)24-42(35)52(62,63)64/h1-25,27H. The van der Waals surface area contributed by atoms with Crippen LogP contribution in [0.3, 0.4) is 0 Å². The molecular weight excluding hydrogens is 909 g/mol. The Morgan fingerprint density at radius 3 is 1.31 bits per heavy atom. The number of halogens is 12. The number of aromatic nitrogens is 3. The lowest BCUT2D eigenvalue weighted by Gasteiger charge is -2.19. The van der Waals surface area contributed by atoms with E-state index in [4.69, 9.17) is 0 Å². The first-order chi connectivity index (χ1) is 32.2. The van der Waals surface area contributed by atoms with E-state index < -0.39 is 58.1 Å². The summed E-state index contributed by atoms with van der Waals surface area (Å²) in [6.07, 6.45) is -17.2. The van der Waals surface area contributed by atoms with E-state index in [0.717, 1.165) is 12.1 Å². The Labute approximate surface area is 376 Å². The molecule has 0 saturated carbocycles. The van der Waals surface area contributed by atoms with Crippen LogP contribution in [0.5, 0.6) is 0 Å². The van der Waals surface area contributed by atoms with Crippen molar-refractivity contribution in [1.29, 1.82) is 5.26 Å². The van der Waals surface area contributed by atoms with E-state index in [-0.39, 0.29) is 28.8 Å². The molecule has 4 nitrogen and oxygen atoms in total. The van der Waals surface area contributed by atoms with E-state index in [2.05, 4.69) is 11.1 Å². The second-order valence-corrected chi connectivity index (χ2v) is 15.9. The van der Waals surface area contributed by atoms with Crippen molar-refractivity contribution < 1.29 is 52.7 Å². The fourth-order valence-electron chi connectivity index (χ4n) is 9.00. The van der Waals surface area contributed by atoms with Crippen LogP contribution < -0.4 is 0 Å². The number of pyridine rings is 1. The maximum Gasteiger partial charge on any atom is 0.417 e. The summed E-state index contributed by atoms with van der Waals surface area (Å²) >= 11 is 0. The summed E-state index contributed by atoms with van der Waals surface area (Å²) in [4.78, 5) is 4.33. The van der Waals surface area contributed by atoms with Crippen molar-refractivity contribution in [2.24, 2.45) is 0 Å². The van der Waals surface area contributed by atoms with Crippen molar-refractivity contribution in [1.82, 2.24) is 14.1 Å². The number of nitrogens with zero attached hydrogens (tertiary/aromatic N) is 4. The Morgan fingerprint density at radius 2 is 0.868 bits per heavy atom. The van der Waals surface area contributed by atoms with Gasteiger partial charge in [-0.2, -0.15) is 57.9 Å². The molecule has 0 bridgehead atoms. The minimum absolute atomic E-state index is 0.00386. The fraction of sp³-hybridized carbons (Fsp3) is 0.0769. The summed E-state index contributed by atoms with van der Waals surface area (Å²) < 4.78 is 171. The van der Waals surface area contributed by atoms with Gasteiger partial charge in [0.2, 0.25) is 0 Å². The molecule has 0 fully saturated rings. The number of rotatable bonds is 5. The number of para-hydroxylation sites is 2. The predicted molar refractivity (Wildman–Crippen MR) is 234 cm³/mol. The maximum atomic E-state index is 14.4. The van der Waals surface area contributed by atoms with Crippen LogP contribution in [0.4, 0.5) is 52.7 Å². The number of hydrogen-bond acceptors (Lipinski definition) is 2. The molecule has 0 atom stereocenters. The van der Waals surface area contributed by atoms with Gasteiger partial charge in [-0.1, -0.05) is 66.7 Å². The lowest BCUT2D eigenvalue weighted by molar-refractivity contribution is -0.144. The zero-order valence-electron chi connectivity index (χ0n) is 34.3. The quantitative estimate of drug-likeness (QED) is 0.161. The number of alkyl halides is 12. The Morgan fingerprint density at radius 1 is 0.397 bits per heavy atom. The molecule has 7 aromatic carbocycles. The second kappa shape index (κ2) is 15.5. The van der Waals surface area contributed by atoms with Crippen LogP contribution in [-0.4, -0.2) is 14.1 Å². The highest BCUT2D eigenvalue weighted by Gasteiger charge is 2.40. The Balaban J connectivity index is 1.20. The van der Waals surface area contributed by atoms with E-state index >= 15 is 0 Å². The third kappa shape index (κ3) is 7.34. The lowest BCUT2D eigenvalue weighted by Crippen LogP contribution is -2.12. The zero-order valence-corrected chi connectivity index (χ0v) is 34.3. The summed E-state index contributed by atoms with van der Waals surface area (Å²) in [6, 6.07) is 34.8. The molecule has 3 aromatic heterocycles. The van der Waals surface area contributed by atoms with Gasteiger partial charge in [-0.05, 0) is 101 Å². The molecule has 68 heavy (non-hydrogen) atoms. The predicted octanol–water partition coefficient (Wildman–Crippen LogP) is 16.2. The average Bonchev–Trinajstić information content (AvgIpc) is 3.82. The molecule has 0 aliphatic heterocycles. The van der Waals surface area contributed by atoms with Crippen molar-refractivity contribution in [2.45, 2.75) is 24.7 Å². The molecule has 0 radical (unpaired) electrons. The molecule has 10 aromatic rings. The molecule has 0 aliphatic rings. The molecule has 16 heteroatoms. The first-order valence-electron chi connectivity index (χ1n) is 20.4. The van der Waals surface area contributed by atoms with Crippen LogP contribution in [0.1, 0.15) is 27.8 Å². The van der Waals surface area contributed by atoms with Gasteiger partial charge >= 0.3 is 24.7 Å². The van der Waals surface area contributed by atoms with Gasteiger partial charge in [0.1, 0.15) is 6.07 Å². The van der Waals surface area contributed by atoms with Crippen molar-refractivity contribution in [3.05, 3.63) is 186 Å². The zero-order chi connectivity index (χ0) is 48.1. The summed E-state index contributed by atoms with van der Waals surface area (Å²) in [7, 11) is 0. The topological polar surface area (TPSA) is 46.5 Å². The number of nitriles is 1. The minimum atomic E-state index is -5.13. The fourth-order valence-corrected chi connectivity index (χ4v) is 9.00. The van der Waals surface area contributed by atoms with Crippen molar-refractivity contribution in [3.63, 3.8) is 0 Å². The van der Waals surface area contributed by atoms with Crippen LogP contribution in [0, 0.1) is 11.3 Å². The summed E-state index contributed by atoms with van der Waals surface area (Å²) in [5.41, 5.74) is -2.76. The molecule has 0 N–H and O–H groups in total. The lowest BCUT2D eigenvalue weighted by atomic mass is 9.95. The smallest absolute Gasteiger partial charge is 0.309 e. The van der Waals surface area contributed by atoms with Crippen LogP contribution in [-0.2, 0) is 24.7 Å². The molecule has 0 spiro atoms. The van der Waals surface area contributed by atoms with Gasteiger partial charge in [0.25, 0.3) is 0 Å². The third-order valence-corrected chi connectivity index (χ3v) is 12.0. The van der Waals surface area contributed by atoms with E-state index in [9.17, 15) is 57.9 Å². The van der Waals surface area contributed by atoms with Crippen molar-refractivity contribution in [3.8, 4) is 50.8 Å². The molecule has 0 aliphatic carbocycles. The molecular formula is C52H26F12N4. The Bertz CT molecular complexity index is 3700. The first-order valence-corrected chi connectivity index (χ1v) is 20.4. The number of hydrogen-bond donors (Lipinski definition) is 0. The van der Waals surface area contributed by atoms with Gasteiger partial charge in [-0.25, -0.2) is 0 Å². The average molecular weight is 935 g/mol. The Kier molecular flexibility index (Phi) is 9.99. The summed E-state index contributed by atoms with van der Waals surface area (Å²) in [6.45, 7) is 0. The molecule has 0 saturated heterocycles. The van der Waals surface area contributed by atoms with Crippen molar-refractivity contribution >= 4 is 43.6 Å². The SMILES string of the molecule is N#Cc1cc(-n2c3ccccc3c3cc(-c4ccc(C(F)(F)F)cc4C(F)(F)F)ccc32)c(-c2cccnc2)cc1-n1c2ccccc2c2cc(-c3ccc(C(F)(F)F)cc3C(F)(F)F)ccc21. The van der Waals surface area contributed by atoms with E-state index in [1.165, 1.54) is 30.3 Å². The van der Waals surface area contributed by atoms with Gasteiger partial charge in [-0.15, -0.1) is 0 Å². The summed E-state index contributed by atoms with van der Waals surface area (Å²) in [5.74, 6) is 0. The van der Waals surface area contributed by atoms with Gasteiger partial charge in [0.05, 0.1) is 61.3 Å². The van der Waals surface area contributed by atoms with Crippen LogP contribution in [0.25, 0.3) is 88.4 Å². The molecule has 3 heterocycles. The van der Waals surface area contributed by atoms with Gasteiger partial charge in [-0.3, -0.25) is 4.98 Å². The summed E-state index contributed by atoms with van der Waals surface area (Å²) in [5, 5.41) is 13.0. The van der Waals surface area contributed by atoms with Gasteiger partial charge in [0, 0.05) is 45.1 Å². The number of benzene rings is 7. The normalized spacial score (nSPS) is 12.7. The minimum Gasteiger partial charge on any atom is -0.309 e. The van der Waals surface area contributed by atoms with Crippen molar-refractivity contribution in [2.75, 3.05) is 0 Å². The Hall–Kier alpha value is -8.06. The van der Waals surface area contributed by atoms with Crippen LogP contribution in [0.15, 0.2) is 158 Å². The monoisotopic (exact) mass is 934 g/mol. The largest absolute Gasteiger partial charge is 0.417 e. The highest BCUT2D eigenvalue weighted by Crippen LogP contribution is 2.46. The van der Waals surface area contributed by atoms with Gasteiger partial charge in [0.15, 0.2) is 0 Å². The second-order valence-electron chi connectivity index (χ2n) is 15.9. The molecule has 338 valence electrons. The highest BCUT2D eigenvalue weighted by atomic mass is 19.4. The van der Waals surface area contributed by atoms with Crippen LogP contribution in [0.2, 0.25) is 0 Å². The number of fused-ring (bicyclic) bond motifs is 6. The molecule has 0 amide bonds. The highest BCUT2D eigenvalue weighted by molar-refractivity contribution is 6.12. The molecule has 10 rings (SSSR count). The maximum absolute atomic E-state index is 14.4. The van der Waals surface area contributed by atoms with E-state index in [1.807, 2.05) is 4.57 Å². The molecule has 0 unspecified atom stereocenters. The first kappa shape index (κ1) is 43.8. The van der Waals surface area contributed by atoms with E-state index in [1.54, 1.807) is 95.8 Å². The van der Waals surface area contributed by atoms with Gasteiger partial charge < -0.3 is 9.13 Å².